The van der Waals surface area contributed by atoms with Crippen LogP contribution in [0.1, 0.15) is 27.3 Å². The maximum atomic E-state index is 11.9. The van der Waals surface area contributed by atoms with E-state index in [4.69, 9.17) is 5.11 Å². The molecule has 0 saturated heterocycles. The van der Waals surface area contributed by atoms with E-state index in [1.165, 1.54) is 34.7 Å². The van der Waals surface area contributed by atoms with E-state index in [0.29, 0.717) is 10.8 Å². The van der Waals surface area contributed by atoms with E-state index >= 15 is 0 Å². The fourth-order valence-corrected chi connectivity index (χ4v) is 3.17. The van der Waals surface area contributed by atoms with Gasteiger partial charge in [0.05, 0.1) is 23.1 Å². The van der Waals surface area contributed by atoms with E-state index in [-0.39, 0.29) is 5.56 Å². The fourth-order valence-electron chi connectivity index (χ4n) is 2.13. The first kappa shape index (κ1) is 13.5. The van der Waals surface area contributed by atoms with Crippen molar-refractivity contribution in [3.05, 3.63) is 34.6 Å². The quantitative estimate of drug-likeness (QED) is 0.807. The topological polar surface area (TPSA) is 104 Å². The number of nitrogens with zero attached hydrogens (tertiary/aromatic N) is 2. The lowest BCUT2D eigenvalue weighted by atomic mass is 10.3. The molecule has 0 bridgehead atoms. The molecule has 108 valence electrons. The number of aromatic nitrogens is 2. The number of carboxylic acid groups (broad SMARTS) is 1. The van der Waals surface area contributed by atoms with Crippen LogP contribution < -0.4 is 10.6 Å². The summed E-state index contributed by atoms with van der Waals surface area (Å²) in [6.07, 6.45) is 5.69. The van der Waals surface area contributed by atoms with Crippen LogP contribution in [0.25, 0.3) is 0 Å². The molecule has 2 amide bonds. The third kappa shape index (κ3) is 3.00. The van der Waals surface area contributed by atoms with Gasteiger partial charge >= 0.3 is 12.0 Å². The van der Waals surface area contributed by atoms with Gasteiger partial charge in [-0.15, -0.1) is 11.3 Å². The summed E-state index contributed by atoms with van der Waals surface area (Å²) < 4.78 is 0. The minimum absolute atomic E-state index is 0.0148. The number of rotatable bonds is 3. The zero-order chi connectivity index (χ0) is 14.8. The number of nitrogens with one attached hydrogen (secondary N) is 2. The molecule has 21 heavy (non-hydrogen) atoms. The van der Waals surface area contributed by atoms with Crippen LogP contribution in [-0.2, 0) is 12.8 Å². The van der Waals surface area contributed by atoms with Crippen molar-refractivity contribution in [2.24, 2.45) is 0 Å². The number of aryl methyl sites for hydroxylation is 2. The van der Waals surface area contributed by atoms with Crippen LogP contribution in [0.4, 0.5) is 15.6 Å². The molecule has 1 aliphatic carbocycles. The standard InChI is InChI=1S/C13H12N4O3S/c18-11(19)7-4-8(6-14-5-7)15-12(20)17-13-16-9-2-1-3-10(9)21-13/h4-6H,1-3H2,(H,18,19)(H2,15,16,17,20). The van der Waals surface area contributed by atoms with Gasteiger partial charge in [0, 0.05) is 11.1 Å². The van der Waals surface area contributed by atoms with Gasteiger partial charge in [0.25, 0.3) is 0 Å². The number of amides is 2. The van der Waals surface area contributed by atoms with E-state index in [9.17, 15) is 9.59 Å². The third-order valence-electron chi connectivity index (χ3n) is 3.06. The van der Waals surface area contributed by atoms with Crippen molar-refractivity contribution in [1.29, 1.82) is 0 Å². The van der Waals surface area contributed by atoms with Crippen LogP contribution >= 0.6 is 11.3 Å². The number of hydrogen-bond acceptors (Lipinski definition) is 5. The number of carboxylic acids is 1. The van der Waals surface area contributed by atoms with E-state index in [0.717, 1.165) is 25.0 Å². The van der Waals surface area contributed by atoms with E-state index in [2.05, 4.69) is 20.6 Å². The summed E-state index contributed by atoms with van der Waals surface area (Å²) in [6, 6.07) is 0.878. The summed E-state index contributed by atoms with van der Waals surface area (Å²) in [4.78, 5) is 32.0. The fraction of sp³-hybridized carbons (Fsp3) is 0.231. The van der Waals surface area contributed by atoms with Crippen LogP contribution in [0.5, 0.6) is 0 Å². The van der Waals surface area contributed by atoms with Gasteiger partial charge in [-0.25, -0.2) is 14.6 Å². The first-order valence-electron chi connectivity index (χ1n) is 6.37. The Hall–Kier alpha value is -2.48. The summed E-state index contributed by atoms with van der Waals surface area (Å²) >= 11 is 1.48. The molecule has 3 N–H and O–H groups in total. The van der Waals surface area contributed by atoms with E-state index in [1.807, 2.05) is 0 Å². The Morgan fingerprint density at radius 3 is 2.86 bits per heavy atom. The second kappa shape index (κ2) is 5.49. The second-order valence-electron chi connectivity index (χ2n) is 4.59. The Labute approximate surface area is 124 Å². The minimum Gasteiger partial charge on any atom is -0.478 e. The number of thiazole rings is 1. The molecule has 2 aromatic heterocycles. The Kier molecular flexibility index (Phi) is 3.53. The van der Waals surface area contributed by atoms with Gasteiger partial charge in [0.15, 0.2) is 5.13 Å². The van der Waals surface area contributed by atoms with Gasteiger partial charge < -0.3 is 10.4 Å². The maximum absolute atomic E-state index is 11.9. The second-order valence-corrected chi connectivity index (χ2v) is 5.67. The van der Waals surface area contributed by atoms with E-state index in [1.54, 1.807) is 0 Å². The molecule has 0 aromatic carbocycles. The van der Waals surface area contributed by atoms with Gasteiger partial charge in [-0.3, -0.25) is 10.3 Å². The van der Waals surface area contributed by atoms with Gasteiger partial charge in [-0.05, 0) is 25.3 Å². The lowest BCUT2D eigenvalue weighted by molar-refractivity contribution is 0.0696. The van der Waals surface area contributed by atoms with Crippen molar-refractivity contribution in [2.75, 3.05) is 10.6 Å². The number of urea groups is 1. The summed E-state index contributed by atoms with van der Waals surface area (Å²) in [7, 11) is 0. The molecule has 7 nitrogen and oxygen atoms in total. The molecule has 0 aliphatic heterocycles. The molecule has 0 unspecified atom stereocenters. The van der Waals surface area contributed by atoms with E-state index < -0.39 is 12.0 Å². The average Bonchev–Trinajstić information content (AvgIpc) is 2.99. The molecule has 8 heteroatoms. The number of aromatic carboxylic acids is 1. The normalized spacial score (nSPS) is 12.8. The molecule has 3 rings (SSSR count). The predicted octanol–water partition coefficient (Wildman–Crippen LogP) is 2.37. The first-order chi connectivity index (χ1) is 10.1. The number of fused-ring (bicyclic) bond motifs is 1. The van der Waals surface area contributed by atoms with Crippen molar-refractivity contribution in [1.82, 2.24) is 9.97 Å². The number of carbonyl (C=O) groups is 2. The minimum atomic E-state index is -1.09. The van der Waals surface area contributed by atoms with Gasteiger partial charge in [-0.1, -0.05) is 0 Å². The maximum Gasteiger partial charge on any atom is 0.337 e. The molecule has 2 aromatic rings. The smallest absolute Gasteiger partial charge is 0.337 e. The van der Waals surface area contributed by atoms with Crippen LogP contribution in [-0.4, -0.2) is 27.1 Å². The zero-order valence-corrected chi connectivity index (χ0v) is 11.7. The molecular weight excluding hydrogens is 292 g/mol. The summed E-state index contributed by atoms with van der Waals surface area (Å²) in [6.45, 7) is 0. The monoisotopic (exact) mass is 304 g/mol. The lowest BCUT2D eigenvalue weighted by Gasteiger charge is -2.05. The predicted molar refractivity (Wildman–Crippen MR) is 78.0 cm³/mol. The van der Waals surface area contributed by atoms with Crippen LogP contribution in [0.15, 0.2) is 18.5 Å². The average molecular weight is 304 g/mol. The molecule has 1 aliphatic rings. The molecule has 0 spiro atoms. The number of anilines is 2. The summed E-state index contributed by atoms with van der Waals surface area (Å²) in [5, 5.41) is 14.6. The van der Waals surface area contributed by atoms with Crippen LogP contribution in [0.3, 0.4) is 0 Å². The van der Waals surface area contributed by atoms with Crippen LogP contribution in [0.2, 0.25) is 0 Å². The molecule has 0 saturated carbocycles. The highest BCUT2D eigenvalue weighted by Gasteiger charge is 2.17. The van der Waals surface area contributed by atoms with Crippen molar-refractivity contribution in [2.45, 2.75) is 19.3 Å². The highest BCUT2D eigenvalue weighted by Crippen LogP contribution is 2.30. The summed E-state index contributed by atoms with van der Waals surface area (Å²) in [5.74, 6) is -1.09. The Bertz CT molecular complexity index is 692. The number of hydrogen-bond donors (Lipinski definition) is 3. The van der Waals surface area contributed by atoms with Crippen molar-refractivity contribution < 1.29 is 14.7 Å². The Balaban J connectivity index is 1.66. The van der Waals surface area contributed by atoms with Gasteiger partial charge in [0.2, 0.25) is 0 Å². The Morgan fingerprint density at radius 1 is 1.24 bits per heavy atom. The highest BCUT2D eigenvalue weighted by atomic mass is 32.1. The Morgan fingerprint density at radius 2 is 2.10 bits per heavy atom. The zero-order valence-electron chi connectivity index (χ0n) is 10.9. The first-order valence-corrected chi connectivity index (χ1v) is 7.18. The van der Waals surface area contributed by atoms with Crippen molar-refractivity contribution >= 4 is 34.2 Å². The molecular formula is C13H12N4O3S. The van der Waals surface area contributed by atoms with Crippen molar-refractivity contribution in [3.63, 3.8) is 0 Å². The number of pyridine rings is 1. The van der Waals surface area contributed by atoms with Gasteiger partial charge in [-0.2, -0.15) is 0 Å². The lowest BCUT2D eigenvalue weighted by Crippen LogP contribution is -2.19. The molecule has 2 heterocycles. The SMILES string of the molecule is O=C(Nc1cncc(C(=O)O)c1)Nc1nc2c(s1)CCC2. The molecule has 0 atom stereocenters. The molecule has 0 fully saturated rings. The van der Waals surface area contributed by atoms with Gasteiger partial charge in [0.1, 0.15) is 0 Å². The van der Waals surface area contributed by atoms with Crippen LogP contribution in [0, 0.1) is 0 Å². The summed E-state index contributed by atoms with van der Waals surface area (Å²) in [5.41, 5.74) is 1.39. The largest absolute Gasteiger partial charge is 0.478 e. The third-order valence-corrected chi connectivity index (χ3v) is 4.13. The molecule has 0 radical (unpaired) electrons. The highest BCUT2D eigenvalue weighted by molar-refractivity contribution is 7.15. The van der Waals surface area contributed by atoms with Crippen molar-refractivity contribution in [3.8, 4) is 0 Å². The number of carbonyl (C=O) groups excluding carboxylic acids is 1.